The Hall–Kier alpha value is -2.45. The van der Waals surface area contributed by atoms with Crippen molar-refractivity contribution >= 4 is 34.5 Å². The predicted octanol–water partition coefficient (Wildman–Crippen LogP) is 1.77. The lowest BCUT2D eigenvalue weighted by atomic mass is 10.1. The van der Waals surface area contributed by atoms with E-state index in [0.29, 0.717) is 18.3 Å². The fourth-order valence-electron chi connectivity index (χ4n) is 1.86. The molecule has 0 fully saturated rings. The number of methoxy groups -OCH3 is 1. The molecule has 7 nitrogen and oxygen atoms in total. The number of hydrogen-bond donors (Lipinski definition) is 3. The van der Waals surface area contributed by atoms with Crippen LogP contribution in [0.15, 0.2) is 34.6 Å². The first kappa shape index (κ1) is 15.9. The zero-order valence-electron chi connectivity index (χ0n) is 12.2. The number of aliphatic imine (C=N–C) groups is 1. The van der Waals surface area contributed by atoms with E-state index in [1.807, 2.05) is 29.6 Å². The van der Waals surface area contributed by atoms with E-state index in [1.54, 1.807) is 12.0 Å². The summed E-state index contributed by atoms with van der Waals surface area (Å²) in [5, 5.41) is 9.93. The molecule has 0 radical (unpaired) electrons. The van der Waals surface area contributed by atoms with Gasteiger partial charge in [0, 0.05) is 30.3 Å². The molecular weight excluding hydrogens is 300 g/mol. The first-order valence-electron chi connectivity index (χ1n) is 6.56. The number of thiazole rings is 1. The summed E-state index contributed by atoms with van der Waals surface area (Å²) >= 11 is 1.37. The molecule has 1 aromatic carbocycles. The van der Waals surface area contributed by atoms with Crippen molar-refractivity contribution in [1.82, 2.24) is 4.98 Å². The van der Waals surface area contributed by atoms with Crippen LogP contribution >= 0.6 is 11.3 Å². The maximum atomic E-state index is 7.52. The van der Waals surface area contributed by atoms with Crippen molar-refractivity contribution in [3.8, 4) is 11.3 Å². The van der Waals surface area contributed by atoms with Crippen molar-refractivity contribution in [2.24, 2.45) is 16.5 Å². The summed E-state index contributed by atoms with van der Waals surface area (Å²) < 4.78 is 5.06. The van der Waals surface area contributed by atoms with Gasteiger partial charge in [-0.05, 0) is 12.1 Å². The number of ether oxygens (including phenoxy) is 1. The third kappa shape index (κ3) is 4.03. The van der Waals surface area contributed by atoms with E-state index in [0.717, 1.165) is 16.9 Å². The molecule has 0 spiro atoms. The van der Waals surface area contributed by atoms with Gasteiger partial charge in [0.15, 0.2) is 5.96 Å². The van der Waals surface area contributed by atoms with Gasteiger partial charge < -0.3 is 21.1 Å². The lowest BCUT2D eigenvalue weighted by Crippen LogP contribution is -2.25. The van der Waals surface area contributed by atoms with Crippen LogP contribution in [0.25, 0.3) is 11.3 Å². The number of guanidine groups is 1. The number of nitrogens with zero attached hydrogens (tertiary/aromatic N) is 3. The molecule has 0 saturated carbocycles. The number of benzene rings is 1. The van der Waals surface area contributed by atoms with E-state index in [4.69, 9.17) is 21.6 Å². The molecule has 1 aromatic heterocycles. The highest BCUT2D eigenvalue weighted by Gasteiger charge is 2.08. The molecule has 8 heteroatoms. The molecule has 0 unspecified atom stereocenters. The largest absolute Gasteiger partial charge is 0.383 e. The summed E-state index contributed by atoms with van der Waals surface area (Å²) in [7, 11) is 1.64. The van der Waals surface area contributed by atoms with Crippen molar-refractivity contribution in [1.29, 1.82) is 5.41 Å². The molecule has 22 heavy (non-hydrogen) atoms. The Labute approximate surface area is 132 Å². The second kappa shape index (κ2) is 7.53. The summed E-state index contributed by atoms with van der Waals surface area (Å²) in [6.45, 7) is 1.16. The first-order valence-corrected chi connectivity index (χ1v) is 7.43. The monoisotopic (exact) mass is 318 g/mol. The van der Waals surface area contributed by atoms with E-state index in [9.17, 15) is 0 Å². The fourth-order valence-corrected chi connectivity index (χ4v) is 2.58. The third-order valence-electron chi connectivity index (χ3n) is 2.88. The first-order chi connectivity index (χ1) is 10.6. The average molecular weight is 318 g/mol. The fraction of sp³-hybridized carbons (Fsp3) is 0.214. The van der Waals surface area contributed by atoms with Gasteiger partial charge in [0.25, 0.3) is 0 Å². The lowest BCUT2D eigenvalue weighted by molar-refractivity contribution is 0.208. The highest BCUT2D eigenvalue weighted by Crippen LogP contribution is 2.28. The Morgan fingerprint density at radius 3 is 3.00 bits per heavy atom. The Bertz CT molecular complexity index is 665. The van der Waals surface area contributed by atoms with Crippen LogP contribution in [0.4, 0.5) is 10.8 Å². The maximum Gasteiger partial charge on any atom is 0.212 e. The summed E-state index contributed by atoms with van der Waals surface area (Å²) in [5.41, 5.74) is 13.3. The van der Waals surface area contributed by atoms with Gasteiger partial charge >= 0.3 is 0 Å². The van der Waals surface area contributed by atoms with Gasteiger partial charge in [-0.1, -0.05) is 12.1 Å². The lowest BCUT2D eigenvalue weighted by Gasteiger charge is -2.19. The van der Waals surface area contributed by atoms with E-state index >= 15 is 0 Å². The summed E-state index contributed by atoms with van der Waals surface area (Å²) in [6.07, 6.45) is 1.28. The molecule has 0 amide bonds. The molecule has 0 aliphatic heterocycles. The maximum absolute atomic E-state index is 7.52. The minimum absolute atomic E-state index is 0.0100. The summed E-state index contributed by atoms with van der Waals surface area (Å²) in [6, 6.07) is 7.78. The van der Waals surface area contributed by atoms with Crippen LogP contribution in [0.5, 0.6) is 0 Å². The van der Waals surface area contributed by atoms with Crippen LogP contribution in [-0.4, -0.2) is 37.5 Å². The standard InChI is InChI=1S/C14H18N6OS/c1-21-6-5-20(9-15)11-4-2-3-10(7-11)12-8-22-14(18-12)19-13(16)17/h2-4,7-9,15H,5-6H2,1H3,(H4,16,17,18,19). The van der Waals surface area contributed by atoms with E-state index < -0.39 is 0 Å². The van der Waals surface area contributed by atoms with Gasteiger partial charge in [0.1, 0.15) is 0 Å². The number of nitrogens with two attached hydrogens (primary N) is 2. The Morgan fingerprint density at radius 1 is 1.50 bits per heavy atom. The topological polar surface area (TPSA) is 114 Å². The highest BCUT2D eigenvalue weighted by molar-refractivity contribution is 7.13. The van der Waals surface area contributed by atoms with Crippen LogP contribution < -0.4 is 16.4 Å². The van der Waals surface area contributed by atoms with Crippen molar-refractivity contribution in [2.45, 2.75) is 0 Å². The molecule has 0 aliphatic rings. The van der Waals surface area contributed by atoms with Crippen molar-refractivity contribution < 1.29 is 4.74 Å². The number of aromatic nitrogens is 1. The Balaban J connectivity index is 2.25. The van der Waals surface area contributed by atoms with Crippen LogP contribution in [-0.2, 0) is 4.74 Å². The Kier molecular flexibility index (Phi) is 5.45. The number of nitrogens with one attached hydrogen (secondary N) is 1. The van der Waals surface area contributed by atoms with E-state index in [-0.39, 0.29) is 5.96 Å². The quantitative estimate of drug-likeness (QED) is 0.532. The summed E-state index contributed by atoms with van der Waals surface area (Å²) in [4.78, 5) is 10.1. The highest BCUT2D eigenvalue weighted by atomic mass is 32.1. The molecule has 2 rings (SSSR count). The number of hydrogen-bond acceptors (Lipinski definition) is 5. The number of anilines is 1. The molecule has 0 saturated heterocycles. The molecule has 2 aromatic rings. The number of rotatable bonds is 7. The predicted molar refractivity (Wildman–Crippen MR) is 91.0 cm³/mol. The van der Waals surface area contributed by atoms with Crippen LogP contribution in [0.1, 0.15) is 0 Å². The van der Waals surface area contributed by atoms with Crippen molar-refractivity contribution in [3.63, 3.8) is 0 Å². The smallest absolute Gasteiger partial charge is 0.212 e. The average Bonchev–Trinajstić information content (AvgIpc) is 2.96. The van der Waals surface area contributed by atoms with Gasteiger partial charge in [0.05, 0.1) is 18.6 Å². The minimum Gasteiger partial charge on any atom is -0.383 e. The third-order valence-corrected chi connectivity index (χ3v) is 3.62. The van der Waals surface area contributed by atoms with Crippen LogP contribution in [0, 0.1) is 5.41 Å². The second-order valence-corrected chi connectivity index (χ2v) is 5.25. The molecule has 0 atom stereocenters. The van der Waals surface area contributed by atoms with Gasteiger partial charge in [-0.25, -0.2) is 4.98 Å². The molecule has 0 aliphatic carbocycles. The van der Waals surface area contributed by atoms with Crippen LogP contribution in [0.2, 0.25) is 0 Å². The molecule has 5 N–H and O–H groups in total. The Morgan fingerprint density at radius 2 is 2.32 bits per heavy atom. The zero-order chi connectivity index (χ0) is 15.9. The molecule has 0 bridgehead atoms. The molecule has 1 heterocycles. The van der Waals surface area contributed by atoms with E-state index in [1.165, 1.54) is 17.7 Å². The van der Waals surface area contributed by atoms with Gasteiger partial charge in [-0.2, -0.15) is 4.99 Å². The van der Waals surface area contributed by atoms with Gasteiger partial charge in [0.2, 0.25) is 5.13 Å². The van der Waals surface area contributed by atoms with E-state index in [2.05, 4.69) is 9.98 Å². The normalized spacial score (nSPS) is 10.2. The minimum atomic E-state index is -0.0100. The van der Waals surface area contributed by atoms with Crippen LogP contribution in [0.3, 0.4) is 0 Å². The SMILES string of the molecule is COCCN(C=N)c1cccc(-c2csc(N=C(N)N)n2)c1. The van der Waals surface area contributed by atoms with Crippen molar-refractivity contribution in [3.05, 3.63) is 29.6 Å². The van der Waals surface area contributed by atoms with Gasteiger partial charge in [-0.3, -0.25) is 5.41 Å². The molecule has 116 valence electrons. The molecular formula is C14H18N6OS. The zero-order valence-corrected chi connectivity index (χ0v) is 13.0. The van der Waals surface area contributed by atoms with Crippen molar-refractivity contribution in [2.75, 3.05) is 25.2 Å². The summed E-state index contributed by atoms with van der Waals surface area (Å²) in [5.74, 6) is -0.0100. The van der Waals surface area contributed by atoms with Gasteiger partial charge in [-0.15, -0.1) is 11.3 Å². The second-order valence-electron chi connectivity index (χ2n) is 4.42.